The average molecular weight is 396 g/mol. The Morgan fingerprint density at radius 3 is 2.79 bits per heavy atom. The quantitative estimate of drug-likeness (QED) is 0.483. The van der Waals surface area contributed by atoms with Crippen LogP contribution in [-0.4, -0.2) is 42.1 Å². The number of hydrogen-bond acceptors (Lipinski definition) is 4. The first-order valence-electron chi connectivity index (χ1n) is 6.23. The van der Waals surface area contributed by atoms with Gasteiger partial charge in [-0.2, -0.15) is 0 Å². The number of morpholine rings is 1. The van der Waals surface area contributed by atoms with Crippen LogP contribution in [0.1, 0.15) is 30.5 Å². The second-order valence-electron chi connectivity index (χ2n) is 4.61. The van der Waals surface area contributed by atoms with Gasteiger partial charge in [0.05, 0.1) is 30.5 Å². The first-order valence-corrected chi connectivity index (χ1v) is 7.11. The van der Waals surface area contributed by atoms with Gasteiger partial charge >= 0.3 is 0 Å². The third-order valence-corrected chi connectivity index (χ3v) is 4.00. The average Bonchev–Trinajstić information content (AvgIpc) is 2.86. The maximum absolute atomic E-state index is 5.96. The summed E-state index contributed by atoms with van der Waals surface area (Å²) in [5.41, 5.74) is 6.96. The van der Waals surface area contributed by atoms with Gasteiger partial charge in [-0.25, -0.2) is 9.98 Å². The molecule has 1 aromatic rings. The van der Waals surface area contributed by atoms with Crippen LogP contribution in [0.5, 0.6) is 0 Å². The maximum Gasteiger partial charge on any atom is 0.191 e. The molecule has 1 aromatic heterocycles. The predicted octanol–water partition coefficient (Wildman–Crippen LogP) is 2.03. The largest absolute Gasteiger partial charge is 0.378 e. The van der Waals surface area contributed by atoms with Crippen LogP contribution in [0, 0.1) is 0 Å². The molecule has 2 heterocycles. The molecule has 1 aliphatic rings. The Balaban J connectivity index is 0.00000180. The third-order valence-electron chi connectivity index (χ3n) is 2.80. The highest BCUT2D eigenvalue weighted by Gasteiger charge is 2.12. The van der Waals surface area contributed by atoms with Crippen LogP contribution in [0.4, 0.5) is 0 Å². The summed E-state index contributed by atoms with van der Waals surface area (Å²) in [7, 11) is 0. The molecule has 108 valence electrons. The van der Waals surface area contributed by atoms with E-state index in [1.807, 2.05) is 0 Å². The molecule has 0 radical (unpaired) electrons. The number of rotatable bonds is 3. The minimum atomic E-state index is 0. The fraction of sp³-hybridized carbons (Fsp3) is 0.667. The van der Waals surface area contributed by atoms with Crippen molar-refractivity contribution < 1.29 is 4.74 Å². The number of guanidine groups is 1. The summed E-state index contributed by atoms with van der Waals surface area (Å²) in [6, 6.07) is 0. The van der Waals surface area contributed by atoms with Crippen LogP contribution < -0.4 is 5.73 Å². The Bertz CT molecular complexity index is 416. The fourth-order valence-electron chi connectivity index (χ4n) is 1.71. The van der Waals surface area contributed by atoms with Gasteiger partial charge < -0.3 is 15.4 Å². The minimum Gasteiger partial charge on any atom is -0.378 e. The molecule has 0 aromatic carbocycles. The summed E-state index contributed by atoms with van der Waals surface area (Å²) in [6.07, 6.45) is 0. The zero-order chi connectivity index (χ0) is 13.0. The number of nitrogens with zero attached hydrogens (tertiary/aromatic N) is 3. The summed E-state index contributed by atoms with van der Waals surface area (Å²) in [5.74, 6) is 1.07. The van der Waals surface area contributed by atoms with Gasteiger partial charge in [-0.05, 0) is 0 Å². The molecule has 1 aliphatic heterocycles. The lowest BCUT2D eigenvalue weighted by atomic mass is 10.2. The van der Waals surface area contributed by atoms with E-state index in [0.717, 1.165) is 37.0 Å². The molecule has 2 rings (SSSR count). The van der Waals surface area contributed by atoms with Crippen molar-refractivity contribution in [2.75, 3.05) is 26.3 Å². The van der Waals surface area contributed by atoms with Gasteiger partial charge in [0.2, 0.25) is 0 Å². The molecule has 1 saturated heterocycles. The number of thiazole rings is 1. The molecule has 0 amide bonds. The van der Waals surface area contributed by atoms with E-state index in [0.29, 0.717) is 18.4 Å². The molecule has 0 spiro atoms. The van der Waals surface area contributed by atoms with Gasteiger partial charge in [0.25, 0.3) is 0 Å². The topological polar surface area (TPSA) is 63.7 Å². The van der Waals surface area contributed by atoms with Crippen molar-refractivity contribution in [2.24, 2.45) is 10.7 Å². The highest BCUT2D eigenvalue weighted by Crippen LogP contribution is 2.19. The number of hydrogen-bond donors (Lipinski definition) is 1. The summed E-state index contributed by atoms with van der Waals surface area (Å²) >= 11 is 1.69. The molecule has 5 nitrogen and oxygen atoms in total. The van der Waals surface area contributed by atoms with E-state index in [-0.39, 0.29) is 24.0 Å². The Kier molecular flexibility index (Phi) is 7.01. The Morgan fingerprint density at radius 2 is 2.21 bits per heavy atom. The van der Waals surface area contributed by atoms with E-state index in [4.69, 9.17) is 10.5 Å². The minimum absolute atomic E-state index is 0. The molecule has 0 saturated carbocycles. The second-order valence-corrected chi connectivity index (χ2v) is 5.50. The highest BCUT2D eigenvalue weighted by atomic mass is 127. The molecular formula is C12H21IN4OS. The summed E-state index contributed by atoms with van der Waals surface area (Å²) in [5, 5.41) is 3.22. The Hall–Kier alpha value is -0.410. The van der Waals surface area contributed by atoms with Crippen LogP contribution in [0.25, 0.3) is 0 Å². The molecule has 19 heavy (non-hydrogen) atoms. The normalized spacial score (nSPS) is 16.6. The first kappa shape index (κ1) is 16.6. The van der Waals surface area contributed by atoms with Gasteiger partial charge in [0.15, 0.2) is 5.96 Å². The van der Waals surface area contributed by atoms with Gasteiger partial charge in [-0.1, -0.05) is 13.8 Å². The molecule has 0 bridgehead atoms. The lowest BCUT2D eigenvalue weighted by Crippen LogP contribution is -2.44. The van der Waals surface area contributed by atoms with Crippen molar-refractivity contribution >= 4 is 41.3 Å². The Morgan fingerprint density at radius 1 is 1.53 bits per heavy atom. The molecule has 0 aliphatic carbocycles. The standard InChI is InChI=1S/C12H20N4OS.HI/c1-9(2)11-15-10(8-18-11)7-14-12(13)16-3-5-17-6-4-16;/h8-9H,3-7H2,1-2H3,(H2,13,14);1H. The monoisotopic (exact) mass is 396 g/mol. The SMILES string of the molecule is CC(C)c1nc(CN=C(N)N2CCOCC2)cs1.I. The summed E-state index contributed by atoms with van der Waals surface area (Å²) < 4.78 is 5.28. The van der Waals surface area contributed by atoms with Crippen molar-refractivity contribution in [3.05, 3.63) is 16.1 Å². The lowest BCUT2D eigenvalue weighted by Gasteiger charge is -2.27. The van der Waals surface area contributed by atoms with Crippen molar-refractivity contribution in [3.63, 3.8) is 0 Å². The number of aliphatic imine (C=N–C) groups is 1. The lowest BCUT2D eigenvalue weighted by molar-refractivity contribution is 0.0674. The second kappa shape index (κ2) is 8.01. The van der Waals surface area contributed by atoms with E-state index >= 15 is 0 Å². The van der Waals surface area contributed by atoms with Crippen molar-refractivity contribution in [1.82, 2.24) is 9.88 Å². The van der Waals surface area contributed by atoms with Gasteiger partial charge in [0.1, 0.15) is 0 Å². The van der Waals surface area contributed by atoms with E-state index in [9.17, 15) is 0 Å². The van der Waals surface area contributed by atoms with Crippen molar-refractivity contribution in [3.8, 4) is 0 Å². The summed E-state index contributed by atoms with van der Waals surface area (Å²) in [4.78, 5) is 11.0. The number of aromatic nitrogens is 1. The van der Waals surface area contributed by atoms with Gasteiger partial charge in [-0.3, -0.25) is 0 Å². The molecule has 7 heteroatoms. The van der Waals surface area contributed by atoms with Crippen LogP contribution in [0.3, 0.4) is 0 Å². The first-order chi connectivity index (χ1) is 8.66. The molecule has 0 unspecified atom stereocenters. The van der Waals surface area contributed by atoms with E-state index in [2.05, 4.69) is 34.1 Å². The predicted molar refractivity (Wildman–Crippen MR) is 89.3 cm³/mol. The molecule has 1 fully saturated rings. The smallest absolute Gasteiger partial charge is 0.191 e. The van der Waals surface area contributed by atoms with Crippen molar-refractivity contribution in [1.29, 1.82) is 0 Å². The zero-order valence-corrected chi connectivity index (χ0v) is 14.5. The van der Waals surface area contributed by atoms with E-state index in [1.54, 1.807) is 11.3 Å². The molecular weight excluding hydrogens is 375 g/mol. The molecule has 2 N–H and O–H groups in total. The zero-order valence-electron chi connectivity index (χ0n) is 11.3. The summed E-state index contributed by atoms with van der Waals surface area (Å²) in [6.45, 7) is 7.95. The van der Waals surface area contributed by atoms with Crippen LogP contribution >= 0.6 is 35.3 Å². The third kappa shape index (κ3) is 4.88. The maximum atomic E-state index is 5.96. The number of nitrogens with two attached hydrogens (primary N) is 1. The van der Waals surface area contributed by atoms with Crippen LogP contribution in [0.2, 0.25) is 0 Å². The van der Waals surface area contributed by atoms with Crippen LogP contribution in [0.15, 0.2) is 10.4 Å². The van der Waals surface area contributed by atoms with E-state index < -0.39 is 0 Å². The molecule has 0 atom stereocenters. The van der Waals surface area contributed by atoms with Gasteiger partial charge in [0, 0.05) is 24.4 Å². The Labute approximate surface area is 135 Å². The van der Waals surface area contributed by atoms with Crippen molar-refractivity contribution in [2.45, 2.75) is 26.3 Å². The number of halogens is 1. The van der Waals surface area contributed by atoms with Gasteiger partial charge in [-0.15, -0.1) is 35.3 Å². The highest BCUT2D eigenvalue weighted by molar-refractivity contribution is 14.0. The number of ether oxygens (including phenoxy) is 1. The van der Waals surface area contributed by atoms with Crippen LogP contribution in [-0.2, 0) is 11.3 Å². The van der Waals surface area contributed by atoms with E-state index in [1.165, 1.54) is 0 Å². The fourth-order valence-corrected chi connectivity index (χ4v) is 2.54.